The number of rotatable bonds is 8. The summed E-state index contributed by atoms with van der Waals surface area (Å²) >= 11 is 0. The van der Waals surface area contributed by atoms with Crippen LogP contribution in [0.4, 0.5) is 0 Å². The number of hydrogen-bond donors (Lipinski definition) is 0. The molecular weight excluding hydrogens is 769 g/mol. The van der Waals surface area contributed by atoms with Crippen LogP contribution in [0.2, 0.25) is 0 Å². The van der Waals surface area contributed by atoms with Crippen molar-refractivity contribution in [1.29, 1.82) is 5.26 Å². The Morgan fingerprint density at radius 1 is 0.333 bits per heavy atom. The average molecular weight is 805 g/mol. The minimum absolute atomic E-state index is 0.602. The summed E-state index contributed by atoms with van der Waals surface area (Å²) in [5, 5.41) is 12.0. The average Bonchev–Trinajstić information content (AvgIpc) is 3.70. The zero-order valence-electron chi connectivity index (χ0n) is 34.0. The van der Waals surface area contributed by atoms with Gasteiger partial charge in [0.05, 0.1) is 51.1 Å². The van der Waals surface area contributed by atoms with Gasteiger partial charge in [0, 0.05) is 44.2 Å². The van der Waals surface area contributed by atoms with Gasteiger partial charge in [-0.2, -0.15) is 5.26 Å². The van der Waals surface area contributed by atoms with Gasteiger partial charge >= 0.3 is 0 Å². The minimum Gasteiger partial charge on any atom is -0.309 e. The van der Waals surface area contributed by atoms with E-state index in [9.17, 15) is 5.26 Å². The number of para-hydroxylation sites is 1. The number of nitriles is 1. The SMILES string of the molecule is N#Cc1cccc(-c2ccc3c4ccccc4n(-c4ccc(-c5nc(-c6ccccc6)cc(-c6ccccc6)n5)cc4-c4cc(-c5ccccc5)nc(-c5ccccc5)n4)c3c2)c1. The van der Waals surface area contributed by atoms with Crippen LogP contribution in [-0.4, -0.2) is 24.5 Å². The van der Waals surface area contributed by atoms with Gasteiger partial charge < -0.3 is 4.57 Å². The smallest absolute Gasteiger partial charge is 0.160 e. The maximum atomic E-state index is 9.77. The fourth-order valence-electron chi connectivity index (χ4n) is 8.40. The molecule has 11 rings (SSSR count). The second kappa shape index (κ2) is 16.0. The largest absolute Gasteiger partial charge is 0.309 e. The first-order valence-corrected chi connectivity index (χ1v) is 20.9. The molecule has 3 aromatic heterocycles. The third-order valence-electron chi connectivity index (χ3n) is 11.5. The van der Waals surface area contributed by atoms with Crippen LogP contribution in [0.25, 0.3) is 106 Å². The molecular formula is C57H36N6. The lowest BCUT2D eigenvalue weighted by molar-refractivity contribution is 1.14. The van der Waals surface area contributed by atoms with Crippen molar-refractivity contribution in [2.75, 3.05) is 0 Å². The zero-order chi connectivity index (χ0) is 42.1. The van der Waals surface area contributed by atoms with Crippen LogP contribution < -0.4 is 0 Å². The van der Waals surface area contributed by atoms with Gasteiger partial charge in [-0.3, -0.25) is 0 Å². The molecule has 0 saturated carbocycles. The molecule has 0 N–H and O–H groups in total. The summed E-state index contributed by atoms with van der Waals surface area (Å²) in [5.41, 5.74) is 14.5. The van der Waals surface area contributed by atoms with Gasteiger partial charge in [0.15, 0.2) is 11.6 Å². The number of aromatic nitrogens is 5. The number of fused-ring (bicyclic) bond motifs is 3. The maximum absolute atomic E-state index is 9.77. The summed E-state index contributed by atoms with van der Waals surface area (Å²) in [6, 6.07) is 76.7. The van der Waals surface area contributed by atoms with Crippen LogP contribution in [0, 0.1) is 11.3 Å². The monoisotopic (exact) mass is 804 g/mol. The van der Waals surface area contributed by atoms with Crippen LogP contribution in [0.1, 0.15) is 5.56 Å². The van der Waals surface area contributed by atoms with Crippen LogP contribution in [-0.2, 0) is 0 Å². The molecule has 294 valence electrons. The zero-order valence-corrected chi connectivity index (χ0v) is 34.0. The van der Waals surface area contributed by atoms with E-state index in [1.165, 1.54) is 0 Å². The lowest BCUT2D eigenvalue weighted by atomic mass is 10.0. The Hall–Kier alpha value is -8.79. The van der Waals surface area contributed by atoms with Gasteiger partial charge in [-0.15, -0.1) is 0 Å². The molecule has 63 heavy (non-hydrogen) atoms. The van der Waals surface area contributed by atoms with Gasteiger partial charge in [-0.1, -0.05) is 164 Å². The molecule has 0 saturated heterocycles. The first-order valence-electron chi connectivity index (χ1n) is 20.9. The van der Waals surface area contributed by atoms with Gasteiger partial charge in [0.2, 0.25) is 0 Å². The van der Waals surface area contributed by atoms with Crippen molar-refractivity contribution in [3.63, 3.8) is 0 Å². The lowest BCUT2D eigenvalue weighted by Gasteiger charge is -2.17. The van der Waals surface area contributed by atoms with E-state index in [-0.39, 0.29) is 0 Å². The van der Waals surface area contributed by atoms with Crippen LogP contribution in [0.3, 0.4) is 0 Å². The van der Waals surface area contributed by atoms with Crippen molar-refractivity contribution < 1.29 is 0 Å². The molecule has 0 unspecified atom stereocenters. The van der Waals surface area contributed by atoms with Gasteiger partial charge in [-0.25, -0.2) is 19.9 Å². The Kier molecular flexibility index (Phi) is 9.45. The topological polar surface area (TPSA) is 80.3 Å². The third-order valence-corrected chi connectivity index (χ3v) is 11.5. The molecule has 0 radical (unpaired) electrons. The van der Waals surface area contributed by atoms with E-state index in [0.717, 1.165) is 94.8 Å². The Morgan fingerprint density at radius 3 is 1.43 bits per heavy atom. The van der Waals surface area contributed by atoms with Crippen LogP contribution >= 0.6 is 0 Å². The third kappa shape index (κ3) is 7.10. The Balaban J connectivity index is 1.21. The van der Waals surface area contributed by atoms with E-state index in [0.29, 0.717) is 17.2 Å². The highest BCUT2D eigenvalue weighted by atomic mass is 15.0. The Morgan fingerprint density at radius 2 is 0.810 bits per heavy atom. The van der Waals surface area contributed by atoms with Gasteiger partial charge in [0.25, 0.3) is 0 Å². The fraction of sp³-hybridized carbons (Fsp3) is 0. The molecule has 11 aromatic rings. The normalized spacial score (nSPS) is 11.2. The van der Waals surface area contributed by atoms with Crippen molar-refractivity contribution in [3.8, 4) is 90.7 Å². The predicted molar refractivity (Wildman–Crippen MR) is 255 cm³/mol. The van der Waals surface area contributed by atoms with E-state index >= 15 is 0 Å². The highest BCUT2D eigenvalue weighted by Crippen LogP contribution is 2.40. The van der Waals surface area contributed by atoms with Crippen molar-refractivity contribution >= 4 is 21.8 Å². The Bertz CT molecular complexity index is 3390. The molecule has 0 atom stereocenters. The highest BCUT2D eigenvalue weighted by Gasteiger charge is 2.21. The van der Waals surface area contributed by atoms with Gasteiger partial charge in [0.1, 0.15) is 0 Å². The summed E-state index contributed by atoms with van der Waals surface area (Å²) in [4.78, 5) is 21.0. The number of nitrogens with zero attached hydrogens (tertiary/aromatic N) is 6. The standard InChI is InChI=1S/C57H36N6/c58-37-38-16-15-25-43(32-38)44-28-30-47-46-26-13-14-27-53(46)63(55(47)34-44)54-31-29-45(57-60-49(39-17-5-1-6-18-39)35-50(61-57)40-19-7-2-8-20-40)33-48(54)52-36-51(41-21-9-3-10-22-41)59-56(62-52)42-23-11-4-12-24-42/h1-36H. The molecule has 6 nitrogen and oxygen atoms in total. The summed E-state index contributed by atoms with van der Waals surface area (Å²) < 4.78 is 2.34. The molecule has 8 aromatic carbocycles. The molecule has 0 bridgehead atoms. The minimum atomic E-state index is 0.602. The lowest BCUT2D eigenvalue weighted by Crippen LogP contribution is -2.02. The van der Waals surface area contributed by atoms with Crippen molar-refractivity contribution in [1.82, 2.24) is 24.5 Å². The van der Waals surface area contributed by atoms with E-state index in [1.807, 2.05) is 91.0 Å². The quantitative estimate of drug-likeness (QED) is 0.153. The highest BCUT2D eigenvalue weighted by molar-refractivity contribution is 6.11. The molecule has 0 spiro atoms. The van der Waals surface area contributed by atoms with Crippen LogP contribution in [0.15, 0.2) is 218 Å². The van der Waals surface area contributed by atoms with Crippen molar-refractivity contribution in [2.24, 2.45) is 0 Å². The fourth-order valence-corrected chi connectivity index (χ4v) is 8.40. The summed E-state index contributed by atoms with van der Waals surface area (Å²) in [5.74, 6) is 1.23. The summed E-state index contributed by atoms with van der Waals surface area (Å²) in [7, 11) is 0. The second-order valence-electron chi connectivity index (χ2n) is 15.4. The molecule has 0 aliphatic heterocycles. The summed E-state index contributed by atoms with van der Waals surface area (Å²) in [6.07, 6.45) is 0. The first kappa shape index (κ1) is 37.2. The van der Waals surface area contributed by atoms with E-state index in [4.69, 9.17) is 19.9 Å². The van der Waals surface area contributed by atoms with E-state index in [2.05, 4.69) is 138 Å². The first-order chi connectivity index (χ1) is 31.2. The molecule has 0 amide bonds. The summed E-state index contributed by atoms with van der Waals surface area (Å²) in [6.45, 7) is 0. The second-order valence-corrected chi connectivity index (χ2v) is 15.4. The van der Waals surface area contributed by atoms with Gasteiger partial charge in [-0.05, 0) is 65.7 Å². The number of benzene rings is 8. The Labute approximate surface area is 364 Å². The van der Waals surface area contributed by atoms with E-state index in [1.54, 1.807) is 0 Å². The number of hydrogen-bond acceptors (Lipinski definition) is 5. The maximum Gasteiger partial charge on any atom is 0.160 e. The molecule has 0 aliphatic carbocycles. The van der Waals surface area contributed by atoms with E-state index < -0.39 is 0 Å². The molecule has 3 heterocycles. The van der Waals surface area contributed by atoms with Crippen molar-refractivity contribution in [2.45, 2.75) is 0 Å². The molecule has 0 fully saturated rings. The van der Waals surface area contributed by atoms with Crippen molar-refractivity contribution in [3.05, 3.63) is 224 Å². The predicted octanol–water partition coefficient (Wildman–Crippen LogP) is 13.9. The van der Waals surface area contributed by atoms with Crippen LogP contribution in [0.5, 0.6) is 0 Å². The molecule has 6 heteroatoms. The molecule has 0 aliphatic rings.